The Hall–Kier alpha value is -7.11. The molecule has 5 atom stereocenters. The van der Waals surface area contributed by atoms with Gasteiger partial charge in [-0.25, -0.2) is 13.8 Å². The van der Waals surface area contributed by atoms with E-state index in [4.69, 9.17) is 20.7 Å². The Morgan fingerprint density at radius 3 is 2.31 bits per heavy atom. The van der Waals surface area contributed by atoms with Crippen molar-refractivity contribution >= 4 is 56.8 Å². The number of likely N-dealkylation sites (N-methyl/N-ethyl adjacent to an activating group) is 1. The number of piperazine rings is 1. The summed E-state index contributed by atoms with van der Waals surface area (Å²) in [4.78, 5) is 52.5. The van der Waals surface area contributed by atoms with Crippen LogP contribution in [0.5, 0.6) is 11.8 Å². The molecule has 9 heterocycles. The highest BCUT2D eigenvalue weighted by molar-refractivity contribution is 7.13. The van der Waals surface area contributed by atoms with Crippen molar-refractivity contribution in [3.05, 3.63) is 101 Å². The van der Waals surface area contributed by atoms with Gasteiger partial charge in [-0.05, 0) is 144 Å². The Morgan fingerprint density at radius 1 is 0.929 bits per heavy atom. The summed E-state index contributed by atoms with van der Waals surface area (Å²) in [6, 6.07) is 16.7. The molecule has 5 aliphatic heterocycles. The number of hydrogen-bond acceptors (Lipinski definition) is 16. The highest BCUT2D eigenvalue weighted by Crippen LogP contribution is 2.40. The number of aryl methyl sites for hydroxylation is 1. The summed E-state index contributed by atoms with van der Waals surface area (Å²) in [6.45, 7) is 15.5. The second-order valence-corrected chi connectivity index (χ2v) is 25.0. The summed E-state index contributed by atoms with van der Waals surface area (Å²) in [7, 11) is 2.02. The number of aromatic hydroxyl groups is 1. The summed E-state index contributed by atoms with van der Waals surface area (Å²) in [5.74, 6) is 4.44. The number of hydrogen-bond donors (Lipinski definition) is 3. The van der Waals surface area contributed by atoms with Crippen LogP contribution in [0.4, 0.5) is 20.4 Å². The second kappa shape index (κ2) is 26.0. The highest BCUT2D eigenvalue weighted by atomic mass is 32.1. The molecule has 5 saturated heterocycles. The molecular weight excluding hydrogens is 1080 g/mol. The number of likely N-dealkylation sites (tertiary alicyclic amines) is 2. The van der Waals surface area contributed by atoms with Crippen molar-refractivity contribution in [1.82, 2.24) is 45.5 Å². The number of benzene rings is 3. The Morgan fingerprint density at radius 2 is 1.65 bits per heavy atom. The minimum atomic E-state index is -0.727. The van der Waals surface area contributed by atoms with Crippen molar-refractivity contribution in [2.24, 2.45) is 17.8 Å². The predicted molar refractivity (Wildman–Crippen MR) is 325 cm³/mol. The van der Waals surface area contributed by atoms with E-state index in [-0.39, 0.29) is 69.3 Å². The first-order chi connectivity index (χ1) is 40.7. The van der Waals surface area contributed by atoms with Gasteiger partial charge in [0.2, 0.25) is 5.91 Å². The van der Waals surface area contributed by atoms with Crippen LogP contribution >= 0.6 is 11.3 Å². The molecule has 3 N–H and O–H groups in total. The lowest BCUT2D eigenvalue weighted by Gasteiger charge is -2.35. The van der Waals surface area contributed by atoms with Gasteiger partial charge in [0.15, 0.2) is 11.6 Å². The fourth-order valence-electron chi connectivity index (χ4n) is 13.2. The third kappa shape index (κ3) is 12.9. The monoisotopic (exact) mass is 1160 g/mol. The van der Waals surface area contributed by atoms with E-state index in [1.54, 1.807) is 17.5 Å². The number of carbonyl (C=O) groups is 2. The first kappa shape index (κ1) is 58.7. The number of rotatable bonds is 17. The lowest BCUT2D eigenvalue weighted by Crippen LogP contribution is -2.51. The van der Waals surface area contributed by atoms with Crippen LogP contribution in [-0.4, -0.2) is 136 Å². The van der Waals surface area contributed by atoms with Crippen LogP contribution in [0, 0.1) is 48.7 Å². The van der Waals surface area contributed by atoms with Crippen molar-refractivity contribution < 1.29 is 32.7 Å². The van der Waals surface area contributed by atoms with E-state index in [9.17, 15) is 19.1 Å². The van der Waals surface area contributed by atoms with Gasteiger partial charge in [0.1, 0.15) is 47.2 Å². The topological polar surface area (TPSA) is 178 Å². The van der Waals surface area contributed by atoms with Crippen molar-refractivity contribution in [1.29, 1.82) is 0 Å². The molecule has 0 radical (unpaired) electrons. The number of nitrogens with one attached hydrogen (secondary N) is 2. The number of halogens is 2. The van der Waals surface area contributed by atoms with Gasteiger partial charge in [-0.1, -0.05) is 68.1 Å². The number of fused-ring (bicyclic) bond motifs is 4. The zero-order chi connectivity index (χ0) is 58.6. The first-order valence-corrected chi connectivity index (χ1v) is 30.9. The van der Waals surface area contributed by atoms with Crippen molar-refractivity contribution in [3.63, 3.8) is 0 Å². The predicted octanol–water partition coefficient (Wildman–Crippen LogP) is 10.9. The maximum absolute atomic E-state index is 16.9. The van der Waals surface area contributed by atoms with Crippen molar-refractivity contribution in [3.8, 4) is 45.8 Å². The van der Waals surface area contributed by atoms with Crippen LogP contribution in [0.3, 0.4) is 0 Å². The molecule has 442 valence electrons. The van der Waals surface area contributed by atoms with Gasteiger partial charge in [0.05, 0.1) is 45.0 Å². The van der Waals surface area contributed by atoms with Gasteiger partial charge in [0, 0.05) is 68.0 Å². The Balaban J connectivity index is 0.000000267. The van der Waals surface area contributed by atoms with Crippen LogP contribution < -0.4 is 25.2 Å². The lowest BCUT2D eigenvalue weighted by atomic mass is 9.85. The van der Waals surface area contributed by atoms with E-state index in [0.29, 0.717) is 72.5 Å². The molecule has 2 bridgehead atoms. The molecule has 84 heavy (non-hydrogen) atoms. The fraction of sp³-hybridized carbons (Fsp3) is 0.492. The maximum Gasteiger partial charge on any atom is 0.319 e. The van der Waals surface area contributed by atoms with Gasteiger partial charge >= 0.3 is 6.01 Å². The first-order valence-electron chi connectivity index (χ1n) is 30.0. The molecule has 19 heteroatoms. The molecule has 0 saturated carbocycles. The Kier molecular flexibility index (Phi) is 18.2. The molecule has 3 aromatic carbocycles. The molecule has 0 spiro atoms. The minimum Gasteiger partial charge on any atom is -0.508 e. The molecule has 4 unspecified atom stereocenters. The Bertz CT molecular complexity index is 3490. The number of pyridine rings is 1. The van der Waals surface area contributed by atoms with Crippen molar-refractivity contribution in [2.75, 3.05) is 75.8 Å². The number of phenolic OH excluding ortho intramolecular Hbond substituents is 1. The molecule has 0 aliphatic carbocycles. The Labute approximate surface area is 494 Å². The minimum absolute atomic E-state index is 0.0214. The van der Waals surface area contributed by atoms with Gasteiger partial charge in [0.25, 0.3) is 0 Å². The average molecular weight is 1160 g/mol. The van der Waals surface area contributed by atoms with Gasteiger partial charge < -0.3 is 39.6 Å². The average Bonchev–Trinajstić information content (AvgIpc) is 3.20. The molecule has 7 aromatic rings. The number of phenols is 1. The number of aldehydes is 1. The number of carbonyl (C=O) groups excluding carboxylic acids is 2. The van der Waals surface area contributed by atoms with Gasteiger partial charge in [-0.15, -0.1) is 17.8 Å². The zero-order valence-corrected chi connectivity index (χ0v) is 49.6. The standard InChI is InChI=1S/C47H54F2N8O4.C18H23N3OS/c1-4-35-39(48)10-7-31-21-34(59)22-36(42(31)35)44-43(49)45-37(24-50-44)46(57-25-32-8-9-33(26-57)51-32)53-47(52-45)60-20-19-55-15-11-29(12-16-55)5-6-30-13-17-56(18-14-30)41-23-40(61-54-41)38(27-58)28(2)3;1-12(20-18(22)16-5-4-10-21(16)3)14-6-8-15(9-7-14)17-13(2)19-11-23-17/h1,7,10,21-24,27-30,32-33,38,51,59H,5-6,8-9,11-20,25-26H2,2-3H3;6-9,11-12,16H,4-5,10H2,1-3H3,(H,20,22)/t;12?,16-/m.0/s1. The number of thiazole rings is 1. The molecule has 5 aliphatic rings. The van der Waals surface area contributed by atoms with E-state index in [1.165, 1.54) is 47.5 Å². The largest absolute Gasteiger partial charge is 0.508 e. The molecule has 5 fully saturated rings. The smallest absolute Gasteiger partial charge is 0.319 e. The van der Waals surface area contributed by atoms with Crippen molar-refractivity contribution in [2.45, 2.75) is 122 Å². The number of aromatic nitrogens is 5. The van der Waals surface area contributed by atoms with E-state index in [1.807, 2.05) is 46.3 Å². The number of nitrogens with zero attached hydrogens (tertiary/aromatic N) is 9. The van der Waals surface area contributed by atoms with Crippen LogP contribution in [0.15, 0.2) is 70.8 Å². The van der Waals surface area contributed by atoms with Crippen LogP contribution in [-0.2, 0) is 9.59 Å². The van der Waals surface area contributed by atoms with E-state index >= 15 is 4.39 Å². The lowest BCUT2D eigenvalue weighted by molar-refractivity contribution is -0.125. The number of piperidine rings is 2. The molecule has 4 aromatic heterocycles. The summed E-state index contributed by atoms with van der Waals surface area (Å²) < 4.78 is 43.7. The van der Waals surface area contributed by atoms with Crippen LogP contribution in [0.2, 0.25) is 0 Å². The number of ether oxygens (including phenoxy) is 1. The molecule has 1 amide bonds. The number of amides is 1. The summed E-state index contributed by atoms with van der Waals surface area (Å²) >= 11 is 1.66. The number of anilines is 2. The van der Waals surface area contributed by atoms with Gasteiger partial charge in [-0.2, -0.15) is 9.97 Å². The van der Waals surface area contributed by atoms with Crippen LogP contribution in [0.1, 0.15) is 120 Å². The van der Waals surface area contributed by atoms with E-state index in [0.717, 1.165) is 107 Å². The number of terminal acetylenes is 1. The van der Waals surface area contributed by atoms with E-state index in [2.05, 4.69) is 80.5 Å². The van der Waals surface area contributed by atoms with Gasteiger partial charge in [-0.3, -0.25) is 19.6 Å². The quantitative estimate of drug-likeness (QED) is 0.0579. The summed E-state index contributed by atoms with van der Waals surface area (Å²) in [5, 5.41) is 22.9. The second-order valence-electron chi connectivity index (χ2n) is 24.1. The zero-order valence-electron chi connectivity index (χ0n) is 48.8. The maximum atomic E-state index is 16.9. The fourth-order valence-corrected chi connectivity index (χ4v) is 14.0. The van der Waals surface area contributed by atoms with Crippen LogP contribution in [0.25, 0.3) is 43.4 Å². The normalized spacial score (nSPS) is 20.5. The van der Waals surface area contributed by atoms with E-state index < -0.39 is 11.6 Å². The molecule has 16 nitrogen and oxygen atoms in total. The SMILES string of the molecule is C#Cc1c(F)ccc2cc(O)cc(-c3ncc4c(N5CC6CCC(C5)N6)nc(OCCN5CCC(CCC6CCN(c7cc(C(C=O)C(C)C)on7)CC6)CC5)nc4c3F)c12.Cc1ncsc1-c1ccc(C(C)NC(=O)[C@@H]2CCCN2C)cc1. The molecule has 12 rings (SSSR count). The summed E-state index contributed by atoms with van der Waals surface area (Å²) in [5.41, 5.74) is 5.33. The molecular formula is C65H77F2N11O5S. The summed E-state index contributed by atoms with van der Waals surface area (Å²) in [6.07, 6.45) is 19.5. The highest BCUT2D eigenvalue weighted by Gasteiger charge is 2.35. The third-order valence-corrected chi connectivity index (χ3v) is 19.2. The third-order valence-electron chi connectivity index (χ3n) is 18.2.